The van der Waals surface area contributed by atoms with Crippen LogP contribution in [0.25, 0.3) is 0 Å². The standard InChI is InChI=1S/C13H19BrN4O2/c1-3-4-16-12-11(7-10(14)8-18-12)13(20)17-6-5-15-9(2)19/h7-8H,3-6H2,1-2H3,(H,15,19)(H,16,18)(H,17,20). The van der Waals surface area contributed by atoms with Crippen LogP contribution in [0.15, 0.2) is 16.7 Å². The Morgan fingerprint density at radius 1 is 1.25 bits per heavy atom. The van der Waals surface area contributed by atoms with Crippen molar-refractivity contribution in [3.05, 3.63) is 22.3 Å². The molecule has 0 aliphatic carbocycles. The highest BCUT2D eigenvalue weighted by molar-refractivity contribution is 9.10. The molecule has 0 aliphatic heterocycles. The highest BCUT2D eigenvalue weighted by Gasteiger charge is 2.12. The van der Waals surface area contributed by atoms with Gasteiger partial charge in [0.2, 0.25) is 5.91 Å². The van der Waals surface area contributed by atoms with Crippen molar-refractivity contribution < 1.29 is 9.59 Å². The van der Waals surface area contributed by atoms with Crippen LogP contribution in [-0.2, 0) is 4.79 Å². The lowest BCUT2D eigenvalue weighted by molar-refractivity contribution is -0.118. The smallest absolute Gasteiger partial charge is 0.255 e. The summed E-state index contributed by atoms with van der Waals surface area (Å²) in [6, 6.07) is 1.72. The SMILES string of the molecule is CCCNc1ncc(Br)cc1C(=O)NCCNC(C)=O. The van der Waals surface area contributed by atoms with Crippen molar-refractivity contribution in [2.45, 2.75) is 20.3 Å². The van der Waals surface area contributed by atoms with Crippen LogP contribution in [0.5, 0.6) is 0 Å². The molecule has 1 aromatic heterocycles. The molecule has 20 heavy (non-hydrogen) atoms. The number of carbonyl (C=O) groups is 2. The first kappa shape index (κ1) is 16.4. The molecule has 1 rings (SSSR count). The number of aromatic nitrogens is 1. The Balaban J connectivity index is 2.65. The molecule has 0 saturated carbocycles. The molecule has 0 atom stereocenters. The summed E-state index contributed by atoms with van der Waals surface area (Å²) in [5, 5.41) is 8.48. The van der Waals surface area contributed by atoms with Crippen molar-refractivity contribution in [3.8, 4) is 0 Å². The van der Waals surface area contributed by atoms with Crippen LogP contribution in [-0.4, -0.2) is 36.4 Å². The van der Waals surface area contributed by atoms with Crippen molar-refractivity contribution in [2.75, 3.05) is 25.0 Å². The van der Waals surface area contributed by atoms with Gasteiger partial charge in [-0.2, -0.15) is 0 Å². The first-order chi connectivity index (χ1) is 9.54. The molecular weight excluding hydrogens is 324 g/mol. The van der Waals surface area contributed by atoms with Crippen LogP contribution in [0.3, 0.4) is 0 Å². The molecule has 1 heterocycles. The van der Waals surface area contributed by atoms with Gasteiger partial charge in [0, 0.05) is 37.2 Å². The maximum atomic E-state index is 12.1. The van der Waals surface area contributed by atoms with Gasteiger partial charge < -0.3 is 16.0 Å². The maximum Gasteiger partial charge on any atom is 0.255 e. The molecule has 7 heteroatoms. The summed E-state index contributed by atoms with van der Waals surface area (Å²) >= 11 is 3.31. The molecule has 110 valence electrons. The van der Waals surface area contributed by atoms with Gasteiger partial charge in [-0.3, -0.25) is 9.59 Å². The molecule has 0 aliphatic rings. The maximum absolute atomic E-state index is 12.1. The summed E-state index contributed by atoms with van der Waals surface area (Å²) in [5.41, 5.74) is 0.482. The molecule has 3 N–H and O–H groups in total. The summed E-state index contributed by atoms with van der Waals surface area (Å²) < 4.78 is 0.742. The van der Waals surface area contributed by atoms with E-state index in [4.69, 9.17) is 0 Å². The Bertz CT molecular complexity index is 479. The lowest BCUT2D eigenvalue weighted by atomic mass is 10.2. The highest BCUT2D eigenvalue weighted by Crippen LogP contribution is 2.17. The molecule has 6 nitrogen and oxygen atoms in total. The molecule has 0 fully saturated rings. The third kappa shape index (κ3) is 5.56. The van der Waals surface area contributed by atoms with Gasteiger partial charge in [0.25, 0.3) is 5.91 Å². The fourth-order valence-electron chi connectivity index (χ4n) is 1.51. The molecule has 0 spiro atoms. The molecule has 2 amide bonds. The van der Waals surface area contributed by atoms with Crippen LogP contribution in [0.4, 0.5) is 5.82 Å². The largest absolute Gasteiger partial charge is 0.369 e. The summed E-state index contributed by atoms with van der Waals surface area (Å²) in [7, 11) is 0. The van der Waals surface area contributed by atoms with E-state index < -0.39 is 0 Å². The summed E-state index contributed by atoms with van der Waals surface area (Å²) in [6.45, 7) is 5.00. The Kier molecular flexibility index (Phi) is 7.00. The third-order valence-electron chi connectivity index (χ3n) is 2.43. The number of anilines is 1. The predicted octanol–water partition coefficient (Wildman–Crippen LogP) is 1.53. The Hall–Kier alpha value is -1.63. The number of rotatable bonds is 7. The zero-order chi connectivity index (χ0) is 15.0. The van der Waals surface area contributed by atoms with Gasteiger partial charge in [0.05, 0.1) is 5.56 Å². The zero-order valence-electron chi connectivity index (χ0n) is 11.6. The van der Waals surface area contributed by atoms with Gasteiger partial charge in [-0.25, -0.2) is 4.98 Å². The number of amides is 2. The number of hydrogen-bond acceptors (Lipinski definition) is 4. The van der Waals surface area contributed by atoms with Crippen molar-refractivity contribution in [1.29, 1.82) is 0 Å². The van der Waals surface area contributed by atoms with E-state index in [1.165, 1.54) is 6.92 Å². The van der Waals surface area contributed by atoms with E-state index >= 15 is 0 Å². The fraction of sp³-hybridized carbons (Fsp3) is 0.462. The molecule has 0 bridgehead atoms. The van der Waals surface area contributed by atoms with E-state index in [1.807, 2.05) is 6.92 Å². The average molecular weight is 343 g/mol. The van der Waals surface area contributed by atoms with Crippen molar-refractivity contribution in [1.82, 2.24) is 15.6 Å². The first-order valence-corrected chi connectivity index (χ1v) is 7.26. The number of nitrogens with one attached hydrogen (secondary N) is 3. The Morgan fingerprint density at radius 3 is 2.60 bits per heavy atom. The number of pyridine rings is 1. The van der Waals surface area contributed by atoms with Gasteiger partial charge in [-0.05, 0) is 28.4 Å². The van der Waals surface area contributed by atoms with E-state index in [0.717, 1.165) is 17.4 Å². The lowest BCUT2D eigenvalue weighted by Gasteiger charge is -2.11. The van der Waals surface area contributed by atoms with Crippen molar-refractivity contribution in [2.24, 2.45) is 0 Å². The summed E-state index contributed by atoms with van der Waals surface area (Å²) in [6.07, 6.45) is 2.59. The topological polar surface area (TPSA) is 83.1 Å². The lowest BCUT2D eigenvalue weighted by Crippen LogP contribution is -2.34. The van der Waals surface area contributed by atoms with Crippen LogP contribution in [0.1, 0.15) is 30.6 Å². The number of nitrogens with zero attached hydrogens (tertiary/aromatic N) is 1. The van der Waals surface area contributed by atoms with Crippen LogP contribution in [0, 0.1) is 0 Å². The van der Waals surface area contributed by atoms with Crippen molar-refractivity contribution >= 4 is 33.6 Å². The quantitative estimate of drug-likeness (QED) is 0.656. The van der Waals surface area contributed by atoms with E-state index in [2.05, 4.69) is 36.9 Å². The fourth-order valence-corrected chi connectivity index (χ4v) is 1.84. The Labute approximate surface area is 126 Å². The average Bonchev–Trinajstić information content (AvgIpc) is 2.41. The van der Waals surface area contributed by atoms with Crippen LogP contribution >= 0.6 is 15.9 Å². The number of carbonyl (C=O) groups excluding carboxylic acids is 2. The second-order valence-corrected chi connectivity index (χ2v) is 5.13. The van der Waals surface area contributed by atoms with Crippen LogP contribution in [0.2, 0.25) is 0 Å². The van der Waals surface area contributed by atoms with Gasteiger partial charge in [-0.1, -0.05) is 6.92 Å². The van der Waals surface area contributed by atoms with Gasteiger partial charge >= 0.3 is 0 Å². The second kappa shape index (κ2) is 8.52. The number of halogens is 1. The van der Waals surface area contributed by atoms with E-state index in [1.54, 1.807) is 12.3 Å². The monoisotopic (exact) mass is 342 g/mol. The molecular formula is C13H19BrN4O2. The molecule has 0 radical (unpaired) electrons. The second-order valence-electron chi connectivity index (χ2n) is 4.22. The highest BCUT2D eigenvalue weighted by atomic mass is 79.9. The van der Waals surface area contributed by atoms with Gasteiger partial charge in [0.15, 0.2) is 0 Å². The van der Waals surface area contributed by atoms with Gasteiger partial charge in [-0.15, -0.1) is 0 Å². The van der Waals surface area contributed by atoms with Gasteiger partial charge in [0.1, 0.15) is 5.82 Å². The molecule has 1 aromatic rings. The number of hydrogen-bond donors (Lipinski definition) is 3. The minimum absolute atomic E-state index is 0.117. The normalized spacial score (nSPS) is 9.95. The minimum Gasteiger partial charge on any atom is -0.369 e. The van der Waals surface area contributed by atoms with Crippen LogP contribution < -0.4 is 16.0 Å². The Morgan fingerprint density at radius 2 is 1.95 bits per heavy atom. The molecule has 0 aromatic carbocycles. The summed E-state index contributed by atoms with van der Waals surface area (Å²) in [5.74, 6) is 0.225. The van der Waals surface area contributed by atoms with Crippen molar-refractivity contribution in [3.63, 3.8) is 0 Å². The predicted molar refractivity (Wildman–Crippen MR) is 81.7 cm³/mol. The minimum atomic E-state index is -0.220. The molecule has 0 saturated heterocycles. The first-order valence-electron chi connectivity index (χ1n) is 6.46. The van der Waals surface area contributed by atoms with E-state index in [-0.39, 0.29) is 11.8 Å². The van der Waals surface area contributed by atoms with E-state index in [9.17, 15) is 9.59 Å². The molecule has 0 unspecified atom stereocenters. The van der Waals surface area contributed by atoms with E-state index in [0.29, 0.717) is 24.5 Å². The zero-order valence-corrected chi connectivity index (χ0v) is 13.2. The third-order valence-corrected chi connectivity index (χ3v) is 2.86. The summed E-state index contributed by atoms with van der Waals surface area (Å²) in [4.78, 5) is 27.0.